The maximum atomic E-state index is 5.50. The van der Waals surface area contributed by atoms with Crippen molar-refractivity contribution in [1.29, 1.82) is 0 Å². The van der Waals surface area contributed by atoms with Crippen molar-refractivity contribution in [2.45, 2.75) is 46.7 Å². The fourth-order valence-electron chi connectivity index (χ4n) is 2.80. The third-order valence-electron chi connectivity index (χ3n) is 4.17. The van der Waals surface area contributed by atoms with Crippen molar-refractivity contribution >= 4 is 29.9 Å². The molecule has 0 aliphatic carbocycles. The highest BCUT2D eigenvalue weighted by atomic mass is 127. The first-order chi connectivity index (χ1) is 12.6. The normalized spacial score (nSPS) is 12.3. The average molecular weight is 486 g/mol. The lowest BCUT2D eigenvalue weighted by molar-refractivity contribution is 0.405. The standard InChI is InChI=1S/C19H30N6O.HI/c1-6-18-24-22-13-25(18)11-10-21-19(20-7-2)23-15(4)16-12-14(3)8-9-17(16)26-5;/h8-9,12-13,15H,6-7,10-11H2,1-5H3,(H2,20,21,23);1H. The number of aryl methyl sites for hydroxylation is 2. The highest BCUT2D eigenvalue weighted by molar-refractivity contribution is 14.0. The van der Waals surface area contributed by atoms with Gasteiger partial charge in [0.05, 0.1) is 19.7 Å². The molecule has 0 radical (unpaired) electrons. The number of aliphatic imine (C=N–C) groups is 1. The number of nitrogens with one attached hydrogen (secondary N) is 2. The van der Waals surface area contributed by atoms with E-state index >= 15 is 0 Å². The number of methoxy groups -OCH3 is 1. The molecule has 1 aromatic carbocycles. The Balaban J connectivity index is 0.00000364. The van der Waals surface area contributed by atoms with Crippen molar-refractivity contribution in [1.82, 2.24) is 25.4 Å². The second-order valence-corrected chi connectivity index (χ2v) is 6.17. The lowest BCUT2D eigenvalue weighted by atomic mass is 10.0. The van der Waals surface area contributed by atoms with E-state index in [1.807, 2.05) is 10.6 Å². The molecular weight excluding hydrogens is 455 g/mol. The number of benzene rings is 1. The number of rotatable bonds is 8. The molecule has 7 nitrogen and oxygen atoms in total. The monoisotopic (exact) mass is 486 g/mol. The van der Waals surface area contributed by atoms with Gasteiger partial charge < -0.3 is 19.9 Å². The second kappa shape index (κ2) is 11.8. The molecule has 0 saturated carbocycles. The van der Waals surface area contributed by atoms with Crippen LogP contribution < -0.4 is 15.4 Å². The highest BCUT2D eigenvalue weighted by Crippen LogP contribution is 2.25. The van der Waals surface area contributed by atoms with Gasteiger partial charge in [-0.25, -0.2) is 0 Å². The molecule has 1 unspecified atom stereocenters. The zero-order valence-electron chi connectivity index (χ0n) is 16.8. The van der Waals surface area contributed by atoms with Gasteiger partial charge in [0.1, 0.15) is 17.9 Å². The van der Waals surface area contributed by atoms with Gasteiger partial charge in [-0.05, 0) is 26.8 Å². The summed E-state index contributed by atoms with van der Waals surface area (Å²) < 4.78 is 7.54. The summed E-state index contributed by atoms with van der Waals surface area (Å²) in [6.07, 6.45) is 2.63. The minimum atomic E-state index is 0. The fourth-order valence-corrected chi connectivity index (χ4v) is 2.80. The number of hydrogen-bond acceptors (Lipinski definition) is 4. The number of aromatic nitrogens is 3. The summed E-state index contributed by atoms with van der Waals surface area (Å²) in [6, 6.07) is 6.28. The molecular formula is C19H31IN6O. The molecule has 2 N–H and O–H groups in total. The number of ether oxygens (including phenoxy) is 1. The predicted octanol–water partition coefficient (Wildman–Crippen LogP) is 3.09. The Kier molecular flexibility index (Phi) is 10.1. The topological polar surface area (TPSA) is 76.4 Å². The quantitative estimate of drug-likeness (QED) is 0.341. The molecule has 2 rings (SSSR count). The third kappa shape index (κ3) is 6.67. The van der Waals surface area contributed by atoms with Crippen LogP contribution in [0.1, 0.15) is 43.8 Å². The van der Waals surface area contributed by atoms with Crippen molar-refractivity contribution in [3.63, 3.8) is 0 Å². The van der Waals surface area contributed by atoms with Gasteiger partial charge in [0.2, 0.25) is 0 Å². The lowest BCUT2D eigenvalue weighted by Gasteiger charge is -2.20. The number of nitrogens with zero attached hydrogens (tertiary/aromatic N) is 4. The molecule has 0 fully saturated rings. The van der Waals surface area contributed by atoms with Crippen LogP contribution in [-0.4, -0.2) is 40.9 Å². The Morgan fingerprint density at radius 3 is 2.78 bits per heavy atom. The van der Waals surface area contributed by atoms with Crippen LogP contribution in [0.3, 0.4) is 0 Å². The fraction of sp³-hybridized carbons (Fsp3) is 0.526. The molecule has 0 bridgehead atoms. The first kappa shape index (κ1) is 23.2. The highest BCUT2D eigenvalue weighted by Gasteiger charge is 2.13. The van der Waals surface area contributed by atoms with Crippen LogP contribution in [0.4, 0.5) is 0 Å². The smallest absolute Gasteiger partial charge is 0.191 e. The molecule has 1 atom stereocenters. The Hall–Kier alpha value is -1.84. The minimum Gasteiger partial charge on any atom is -0.496 e. The molecule has 27 heavy (non-hydrogen) atoms. The van der Waals surface area contributed by atoms with Crippen LogP contribution in [0.2, 0.25) is 0 Å². The average Bonchev–Trinajstić information content (AvgIpc) is 3.09. The van der Waals surface area contributed by atoms with E-state index in [9.17, 15) is 0 Å². The number of guanidine groups is 1. The molecule has 1 heterocycles. The van der Waals surface area contributed by atoms with Crippen molar-refractivity contribution < 1.29 is 4.74 Å². The molecule has 150 valence electrons. The zero-order valence-corrected chi connectivity index (χ0v) is 19.2. The summed E-state index contributed by atoms with van der Waals surface area (Å²) in [5.74, 6) is 2.65. The SMILES string of the molecule is CCNC(=NCCn1cnnc1CC)NC(C)c1cc(C)ccc1OC.I. The van der Waals surface area contributed by atoms with Gasteiger partial charge in [0, 0.05) is 25.1 Å². The molecule has 2 aromatic rings. The van der Waals surface area contributed by atoms with E-state index in [0.717, 1.165) is 42.6 Å². The molecule has 8 heteroatoms. The van der Waals surface area contributed by atoms with E-state index in [0.29, 0.717) is 6.54 Å². The van der Waals surface area contributed by atoms with Gasteiger partial charge in [-0.1, -0.05) is 24.6 Å². The predicted molar refractivity (Wildman–Crippen MR) is 120 cm³/mol. The Bertz CT molecular complexity index is 731. The van der Waals surface area contributed by atoms with Gasteiger partial charge in [-0.15, -0.1) is 34.2 Å². The van der Waals surface area contributed by atoms with Gasteiger partial charge in [-0.3, -0.25) is 4.99 Å². The Labute approximate surface area is 179 Å². The van der Waals surface area contributed by atoms with E-state index in [2.05, 4.69) is 65.7 Å². The third-order valence-corrected chi connectivity index (χ3v) is 4.17. The summed E-state index contributed by atoms with van der Waals surface area (Å²) in [7, 11) is 1.70. The van der Waals surface area contributed by atoms with Crippen LogP contribution in [0.5, 0.6) is 5.75 Å². The molecule has 0 aliphatic heterocycles. The van der Waals surface area contributed by atoms with Crippen LogP contribution in [0, 0.1) is 6.92 Å². The van der Waals surface area contributed by atoms with E-state index in [1.165, 1.54) is 5.56 Å². The van der Waals surface area contributed by atoms with Crippen molar-refractivity contribution in [2.24, 2.45) is 4.99 Å². The summed E-state index contributed by atoms with van der Waals surface area (Å²) in [6.45, 7) is 10.5. The van der Waals surface area contributed by atoms with E-state index in [4.69, 9.17) is 4.74 Å². The van der Waals surface area contributed by atoms with E-state index in [1.54, 1.807) is 13.4 Å². The van der Waals surface area contributed by atoms with Gasteiger partial charge in [-0.2, -0.15) is 0 Å². The maximum Gasteiger partial charge on any atom is 0.191 e. The lowest BCUT2D eigenvalue weighted by Crippen LogP contribution is -2.39. The number of halogens is 1. The van der Waals surface area contributed by atoms with Crippen molar-refractivity contribution in [2.75, 3.05) is 20.2 Å². The summed E-state index contributed by atoms with van der Waals surface area (Å²) in [5, 5.41) is 14.8. The molecule has 0 spiro atoms. The van der Waals surface area contributed by atoms with Crippen LogP contribution in [0.25, 0.3) is 0 Å². The van der Waals surface area contributed by atoms with Crippen molar-refractivity contribution in [3.8, 4) is 5.75 Å². The van der Waals surface area contributed by atoms with Crippen LogP contribution in [-0.2, 0) is 13.0 Å². The Morgan fingerprint density at radius 2 is 2.11 bits per heavy atom. The summed E-state index contributed by atoms with van der Waals surface area (Å²) in [4.78, 5) is 4.68. The molecule has 0 aliphatic rings. The van der Waals surface area contributed by atoms with E-state index < -0.39 is 0 Å². The maximum absolute atomic E-state index is 5.50. The zero-order chi connectivity index (χ0) is 18.9. The van der Waals surface area contributed by atoms with Crippen molar-refractivity contribution in [3.05, 3.63) is 41.5 Å². The minimum absolute atomic E-state index is 0. The Morgan fingerprint density at radius 1 is 1.33 bits per heavy atom. The van der Waals surface area contributed by atoms with Crippen LogP contribution >= 0.6 is 24.0 Å². The molecule has 1 aromatic heterocycles. The first-order valence-corrected chi connectivity index (χ1v) is 9.15. The molecule has 0 amide bonds. The van der Waals surface area contributed by atoms with Gasteiger partial charge in [0.25, 0.3) is 0 Å². The second-order valence-electron chi connectivity index (χ2n) is 6.17. The van der Waals surface area contributed by atoms with Gasteiger partial charge >= 0.3 is 0 Å². The number of hydrogen-bond donors (Lipinski definition) is 2. The molecule has 0 saturated heterocycles. The van der Waals surface area contributed by atoms with E-state index in [-0.39, 0.29) is 30.0 Å². The summed E-state index contributed by atoms with van der Waals surface area (Å²) >= 11 is 0. The van der Waals surface area contributed by atoms with Gasteiger partial charge in [0.15, 0.2) is 5.96 Å². The first-order valence-electron chi connectivity index (χ1n) is 9.15. The largest absolute Gasteiger partial charge is 0.496 e. The summed E-state index contributed by atoms with van der Waals surface area (Å²) in [5.41, 5.74) is 2.32. The van der Waals surface area contributed by atoms with Crippen LogP contribution in [0.15, 0.2) is 29.5 Å².